The molecule has 0 bridgehead atoms. The van der Waals surface area contributed by atoms with Gasteiger partial charge < -0.3 is 20.4 Å². The van der Waals surface area contributed by atoms with Crippen LogP contribution in [0.4, 0.5) is 4.79 Å². The van der Waals surface area contributed by atoms with Gasteiger partial charge in [-0.1, -0.05) is 0 Å². The minimum absolute atomic E-state index is 0.0306. The van der Waals surface area contributed by atoms with E-state index in [1.807, 2.05) is 0 Å². The van der Waals surface area contributed by atoms with Gasteiger partial charge >= 0.3 is 6.09 Å². The highest BCUT2D eigenvalue weighted by Crippen LogP contribution is 2.39. The summed E-state index contributed by atoms with van der Waals surface area (Å²) in [6.07, 6.45) is 1.30. The Balaban J connectivity index is 2.02. The molecule has 1 amide bonds. The molecule has 2 heterocycles. The zero-order valence-corrected chi connectivity index (χ0v) is 8.78. The molecule has 2 aliphatic rings. The van der Waals surface area contributed by atoms with Crippen molar-refractivity contribution in [3.05, 3.63) is 0 Å². The molecule has 2 aliphatic heterocycles. The molecule has 86 valence electrons. The van der Waals surface area contributed by atoms with Crippen LogP contribution in [0.15, 0.2) is 0 Å². The molecule has 0 aromatic heterocycles. The molecule has 5 nitrogen and oxygen atoms in total. The Kier molecular flexibility index (Phi) is 2.84. The van der Waals surface area contributed by atoms with E-state index in [0.717, 1.165) is 32.4 Å². The number of amides is 1. The van der Waals surface area contributed by atoms with Crippen LogP contribution in [0.3, 0.4) is 0 Å². The summed E-state index contributed by atoms with van der Waals surface area (Å²) in [5, 5.41) is 22.2. The van der Waals surface area contributed by atoms with Gasteiger partial charge in [-0.25, -0.2) is 4.79 Å². The summed E-state index contributed by atoms with van der Waals surface area (Å²) in [6.45, 7) is 2.70. The number of nitrogens with zero attached hydrogens (tertiary/aromatic N) is 1. The minimum atomic E-state index is -0.919. The highest BCUT2D eigenvalue weighted by molar-refractivity contribution is 5.65. The molecule has 0 aromatic carbocycles. The van der Waals surface area contributed by atoms with E-state index in [4.69, 9.17) is 5.11 Å². The van der Waals surface area contributed by atoms with E-state index in [-0.39, 0.29) is 12.0 Å². The van der Waals surface area contributed by atoms with E-state index < -0.39 is 12.2 Å². The van der Waals surface area contributed by atoms with E-state index in [0.29, 0.717) is 6.54 Å². The van der Waals surface area contributed by atoms with Crippen molar-refractivity contribution in [3.63, 3.8) is 0 Å². The van der Waals surface area contributed by atoms with Crippen LogP contribution >= 0.6 is 0 Å². The van der Waals surface area contributed by atoms with E-state index in [2.05, 4.69) is 5.32 Å². The first-order valence-electron chi connectivity index (χ1n) is 5.51. The monoisotopic (exact) mass is 214 g/mol. The van der Waals surface area contributed by atoms with Crippen molar-refractivity contribution in [3.8, 4) is 0 Å². The third-order valence-corrected chi connectivity index (χ3v) is 3.85. The van der Waals surface area contributed by atoms with Gasteiger partial charge in [-0.2, -0.15) is 0 Å². The number of aliphatic hydroxyl groups excluding tert-OH is 1. The topological polar surface area (TPSA) is 72.8 Å². The van der Waals surface area contributed by atoms with Crippen LogP contribution in [0.25, 0.3) is 0 Å². The molecule has 0 saturated carbocycles. The van der Waals surface area contributed by atoms with Crippen molar-refractivity contribution in [2.45, 2.75) is 25.4 Å². The first kappa shape index (κ1) is 10.7. The standard InChI is InChI=1S/C10H18N2O3/c13-8-7-12(9(14)15)6-3-10(8)1-4-11-5-2-10/h8,11,13H,1-7H2,(H,14,15). The summed E-state index contributed by atoms with van der Waals surface area (Å²) in [6, 6.07) is 0. The molecule has 1 spiro atoms. The highest BCUT2D eigenvalue weighted by Gasteiger charge is 2.43. The van der Waals surface area contributed by atoms with Gasteiger partial charge in [0.2, 0.25) is 0 Å². The number of hydrogen-bond acceptors (Lipinski definition) is 3. The number of β-amino-alcohol motifs (C(OH)–C–C–N with tert-alkyl or cyclic N) is 1. The molecule has 2 saturated heterocycles. The number of piperidine rings is 2. The number of carboxylic acid groups (broad SMARTS) is 1. The van der Waals surface area contributed by atoms with Crippen LogP contribution in [0, 0.1) is 5.41 Å². The third-order valence-electron chi connectivity index (χ3n) is 3.85. The highest BCUT2D eigenvalue weighted by atomic mass is 16.4. The van der Waals surface area contributed by atoms with E-state index >= 15 is 0 Å². The molecule has 15 heavy (non-hydrogen) atoms. The summed E-state index contributed by atoms with van der Waals surface area (Å²) >= 11 is 0. The molecule has 3 N–H and O–H groups in total. The predicted molar refractivity (Wildman–Crippen MR) is 54.8 cm³/mol. The molecule has 1 atom stereocenters. The second-order valence-electron chi connectivity index (χ2n) is 4.61. The Bertz CT molecular complexity index is 251. The number of hydrogen-bond donors (Lipinski definition) is 3. The molecule has 1 unspecified atom stereocenters. The summed E-state index contributed by atoms with van der Waals surface area (Å²) in [7, 11) is 0. The van der Waals surface area contributed by atoms with Gasteiger partial charge in [0.15, 0.2) is 0 Å². The first-order valence-corrected chi connectivity index (χ1v) is 5.51. The maximum absolute atomic E-state index is 10.8. The quantitative estimate of drug-likeness (QED) is 0.535. The average molecular weight is 214 g/mol. The zero-order chi connectivity index (χ0) is 10.9. The fourth-order valence-corrected chi connectivity index (χ4v) is 2.70. The number of rotatable bonds is 0. The van der Waals surface area contributed by atoms with Crippen molar-refractivity contribution in [2.24, 2.45) is 5.41 Å². The maximum atomic E-state index is 10.8. The number of carbonyl (C=O) groups is 1. The summed E-state index contributed by atoms with van der Waals surface area (Å²) < 4.78 is 0. The van der Waals surface area contributed by atoms with Crippen LogP contribution in [-0.4, -0.2) is 53.5 Å². The van der Waals surface area contributed by atoms with Gasteiger partial charge in [0.25, 0.3) is 0 Å². The predicted octanol–water partition coefficient (Wildman–Crippen LogP) is 0.101. The van der Waals surface area contributed by atoms with Crippen molar-refractivity contribution in [1.82, 2.24) is 10.2 Å². The molecular formula is C10H18N2O3. The van der Waals surface area contributed by atoms with Gasteiger partial charge in [-0.3, -0.25) is 0 Å². The molecule has 0 radical (unpaired) electrons. The van der Waals surface area contributed by atoms with Gasteiger partial charge in [0.1, 0.15) is 0 Å². The van der Waals surface area contributed by atoms with Gasteiger partial charge in [0, 0.05) is 12.0 Å². The lowest BCUT2D eigenvalue weighted by Crippen LogP contribution is -2.55. The smallest absolute Gasteiger partial charge is 0.407 e. The molecular weight excluding hydrogens is 196 g/mol. The Morgan fingerprint density at radius 1 is 1.33 bits per heavy atom. The second kappa shape index (κ2) is 3.98. The Morgan fingerprint density at radius 3 is 2.53 bits per heavy atom. The summed E-state index contributed by atoms with van der Waals surface area (Å²) in [4.78, 5) is 12.1. The summed E-state index contributed by atoms with van der Waals surface area (Å²) in [5.74, 6) is 0. The molecule has 2 rings (SSSR count). The number of aliphatic hydroxyl groups is 1. The van der Waals surface area contributed by atoms with Crippen LogP contribution < -0.4 is 5.32 Å². The molecule has 2 fully saturated rings. The normalized spacial score (nSPS) is 30.5. The maximum Gasteiger partial charge on any atom is 0.407 e. The largest absolute Gasteiger partial charge is 0.465 e. The van der Waals surface area contributed by atoms with Crippen LogP contribution in [0.5, 0.6) is 0 Å². The van der Waals surface area contributed by atoms with Gasteiger partial charge in [0.05, 0.1) is 12.6 Å². The second-order valence-corrected chi connectivity index (χ2v) is 4.61. The molecule has 0 aliphatic carbocycles. The van der Waals surface area contributed by atoms with E-state index in [1.54, 1.807) is 0 Å². The lowest BCUT2D eigenvalue weighted by atomic mass is 9.70. The molecule has 0 aromatic rings. The lowest BCUT2D eigenvalue weighted by molar-refractivity contribution is -0.0556. The SMILES string of the molecule is O=C(O)N1CCC2(CCNCC2)C(O)C1. The Labute approximate surface area is 89.1 Å². The fraction of sp³-hybridized carbons (Fsp3) is 0.900. The Hall–Kier alpha value is -0.810. The Morgan fingerprint density at radius 2 is 2.00 bits per heavy atom. The third kappa shape index (κ3) is 1.94. The van der Waals surface area contributed by atoms with Gasteiger partial charge in [-0.05, 0) is 32.4 Å². The van der Waals surface area contributed by atoms with Gasteiger partial charge in [-0.15, -0.1) is 0 Å². The van der Waals surface area contributed by atoms with Crippen molar-refractivity contribution in [2.75, 3.05) is 26.2 Å². The van der Waals surface area contributed by atoms with E-state index in [1.165, 1.54) is 4.90 Å². The van der Waals surface area contributed by atoms with Crippen molar-refractivity contribution >= 4 is 6.09 Å². The van der Waals surface area contributed by atoms with Crippen LogP contribution in [0.1, 0.15) is 19.3 Å². The summed E-state index contributed by atoms with van der Waals surface area (Å²) in [5.41, 5.74) is -0.0306. The first-order chi connectivity index (χ1) is 7.14. The number of likely N-dealkylation sites (tertiary alicyclic amines) is 1. The fourth-order valence-electron chi connectivity index (χ4n) is 2.70. The average Bonchev–Trinajstić information content (AvgIpc) is 2.23. The zero-order valence-electron chi connectivity index (χ0n) is 8.78. The lowest BCUT2D eigenvalue weighted by Gasteiger charge is -2.47. The van der Waals surface area contributed by atoms with Crippen LogP contribution in [-0.2, 0) is 0 Å². The van der Waals surface area contributed by atoms with Crippen molar-refractivity contribution in [1.29, 1.82) is 0 Å². The van der Waals surface area contributed by atoms with Crippen molar-refractivity contribution < 1.29 is 15.0 Å². The number of nitrogens with one attached hydrogen (secondary N) is 1. The molecule has 5 heteroatoms. The van der Waals surface area contributed by atoms with Crippen LogP contribution in [0.2, 0.25) is 0 Å². The van der Waals surface area contributed by atoms with E-state index in [9.17, 15) is 9.90 Å². The minimum Gasteiger partial charge on any atom is -0.465 e.